The van der Waals surface area contributed by atoms with Crippen molar-refractivity contribution in [3.8, 4) is 11.8 Å². The fraction of sp³-hybridized carbons (Fsp3) is 0.650. The summed E-state index contributed by atoms with van der Waals surface area (Å²) in [6.07, 6.45) is -6.19. The van der Waals surface area contributed by atoms with E-state index < -0.39 is 24.0 Å². The lowest BCUT2D eigenvalue weighted by atomic mass is 10.3. The summed E-state index contributed by atoms with van der Waals surface area (Å²) in [6, 6.07) is 0. The minimum atomic E-state index is -5.21. The van der Waals surface area contributed by atoms with Crippen molar-refractivity contribution in [3.05, 3.63) is 10.4 Å². The van der Waals surface area contributed by atoms with Crippen molar-refractivity contribution in [2.45, 2.75) is 38.4 Å². The molecule has 33 heavy (non-hydrogen) atoms. The molecule has 3 rings (SSSR count). The molecule has 0 aromatic carbocycles. The molecule has 3 heterocycles. The maximum absolute atomic E-state index is 13.4. The van der Waals surface area contributed by atoms with E-state index in [1.807, 2.05) is 18.7 Å². The summed E-state index contributed by atoms with van der Waals surface area (Å²) in [7, 11) is 1.56. The fourth-order valence-corrected chi connectivity index (χ4v) is 4.41. The average Bonchev–Trinajstić information content (AvgIpc) is 3.06. The van der Waals surface area contributed by atoms with Gasteiger partial charge in [-0.05, 0) is 12.8 Å². The Labute approximate surface area is 194 Å². The minimum absolute atomic E-state index is 0.0488. The zero-order valence-corrected chi connectivity index (χ0v) is 19.7. The van der Waals surface area contributed by atoms with E-state index in [0.717, 1.165) is 5.06 Å². The highest BCUT2D eigenvalue weighted by molar-refractivity contribution is 7.99. The Balaban J connectivity index is 2.15. The molecule has 182 valence electrons. The monoisotopic (exact) mass is 488 g/mol. The van der Waals surface area contributed by atoms with E-state index in [4.69, 9.17) is 4.84 Å². The SMILES string of the molecule is CC#CCN1c2c(nc(SCC(C)C)n(C)c2=O)N(OC(=O)C(F)(F)F)C1N1CCNCC1. The van der Waals surface area contributed by atoms with Gasteiger partial charge in [-0.3, -0.25) is 14.3 Å². The van der Waals surface area contributed by atoms with Crippen molar-refractivity contribution >= 4 is 29.2 Å². The summed E-state index contributed by atoms with van der Waals surface area (Å²) < 4.78 is 40.7. The summed E-state index contributed by atoms with van der Waals surface area (Å²) in [5.41, 5.74) is -0.400. The average molecular weight is 489 g/mol. The van der Waals surface area contributed by atoms with Crippen LogP contribution in [0.2, 0.25) is 0 Å². The van der Waals surface area contributed by atoms with Gasteiger partial charge < -0.3 is 15.1 Å². The molecule has 1 saturated heterocycles. The quantitative estimate of drug-likeness (QED) is 0.363. The lowest BCUT2D eigenvalue weighted by Crippen LogP contribution is -2.61. The second-order valence-corrected chi connectivity index (χ2v) is 9.01. The first-order chi connectivity index (χ1) is 15.6. The van der Waals surface area contributed by atoms with Gasteiger partial charge in [0.2, 0.25) is 0 Å². The van der Waals surface area contributed by atoms with Gasteiger partial charge >= 0.3 is 12.1 Å². The van der Waals surface area contributed by atoms with Crippen molar-refractivity contribution in [1.29, 1.82) is 0 Å². The lowest BCUT2D eigenvalue weighted by molar-refractivity contribution is -0.203. The minimum Gasteiger partial charge on any atom is -0.327 e. The molecule has 0 spiro atoms. The van der Waals surface area contributed by atoms with Crippen LogP contribution in [-0.4, -0.2) is 71.4 Å². The van der Waals surface area contributed by atoms with Gasteiger partial charge in [-0.15, -0.1) is 11.0 Å². The molecular weight excluding hydrogens is 461 g/mol. The molecule has 1 N–H and O–H groups in total. The van der Waals surface area contributed by atoms with Crippen molar-refractivity contribution in [2.24, 2.45) is 13.0 Å². The number of thioether (sulfide) groups is 1. The van der Waals surface area contributed by atoms with Crippen LogP contribution < -0.4 is 20.8 Å². The fourth-order valence-electron chi connectivity index (χ4n) is 3.50. The van der Waals surface area contributed by atoms with E-state index in [0.29, 0.717) is 43.0 Å². The van der Waals surface area contributed by atoms with Crippen LogP contribution in [0.4, 0.5) is 24.7 Å². The number of carbonyl (C=O) groups excluding carboxylic acids is 1. The normalized spacial score (nSPS) is 18.8. The molecule has 0 saturated carbocycles. The molecule has 0 radical (unpaired) electrons. The van der Waals surface area contributed by atoms with Crippen molar-refractivity contribution in [1.82, 2.24) is 19.8 Å². The van der Waals surface area contributed by atoms with E-state index >= 15 is 0 Å². The van der Waals surface area contributed by atoms with Gasteiger partial charge in [-0.25, -0.2) is 9.78 Å². The number of hydroxylamine groups is 1. The van der Waals surface area contributed by atoms with Crippen LogP contribution in [0.1, 0.15) is 20.8 Å². The highest BCUT2D eigenvalue weighted by Crippen LogP contribution is 2.39. The lowest BCUT2D eigenvalue weighted by Gasteiger charge is -2.40. The maximum Gasteiger partial charge on any atom is 0.493 e. The zero-order valence-electron chi connectivity index (χ0n) is 18.9. The maximum atomic E-state index is 13.4. The predicted octanol–water partition coefficient (Wildman–Crippen LogP) is 1.39. The predicted molar refractivity (Wildman–Crippen MR) is 119 cm³/mol. The second-order valence-electron chi connectivity index (χ2n) is 8.02. The molecule has 2 aliphatic rings. The van der Waals surface area contributed by atoms with E-state index in [2.05, 4.69) is 22.1 Å². The molecule has 2 aliphatic heterocycles. The third-order valence-corrected chi connectivity index (χ3v) is 6.51. The number of aromatic nitrogens is 2. The van der Waals surface area contributed by atoms with Crippen molar-refractivity contribution in [3.63, 3.8) is 0 Å². The Morgan fingerprint density at radius 1 is 1.33 bits per heavy atom. The molecular formula is C20H27F3N6O3S. The van der Waals surface area contributed by atoms with Gasteiger partial charge in [0.15, 0.2) is 23.0 Å². The number of halogens is 3. The number of nitrogens with one attached hydrogen (secondary N) is 1. The first-order valence-corrected chi connectivity index (χ1v) is 11.5. The number of hydrogen-bond acceptors (Lipinski definition) is 9. The van der Waals surface area contributed by atoms with Gasteiger partial charge in [0.25, 0.3) is 5.56 Å². The summed E-state index contributed by atoms with van der Waals surface area (Å²) in [6.45, 7) is 7.77. The van der Waals surface area contributed by atoms with Crippen LogP contribution in [0.15, 0.2) is 9.95 Å². The van der Waals surface area contributed by atoms with Crippen LogP contribution in [0, 0.1) is 17.8 Å². The van der Waals surface area contributed by atoms with Crippen molar-refractivity contribution < 1.29 is 22.8 Å². The highest BCUT2D eigenvalue weighted by Gasteiger charge is 2.50. The summed E-state index contributed by atoms with van der Waals surface area (Å²) in [5.74, 6) is 4.05. The Morgan fingerprint density at radius 2 is 2.00 bits per heavy atom. The zero-order chi connectivity index (χ0) is 24.3. The van der Waals surface area contributed by atoms with E-state index in [9.17, 15) is 22.8 Å². The van der Waals surface area contributed by atoms with Gasteiger partial charge in [0.1, 0.15) is 0 Å². The molecule has 1 aromatic rings. The van der Waals surface area contributed by atoms with E-state index in [1.165, 1.54) is 16.3 Å². The number of alkyl halides is 3. The molecule has 9 nitrogen and oxygen atoms in total. The number of hydrogen-bond donors (Lipinski definition) is 1. The Hall–Kier alpha value is -2.43. The van der Waals surface area contributed by atoms with Crippen LogP contribution in [0.3, 0.4) is 0 Å². The molecule has 13 heteroatoms. The smallest absolute Gasteiger partial charge is 0.327 e. The number of fused-ring (bicyclic) bond motifs is 1. The highest BCUT2D eigenvalue weighted by atomic mass is 32.2. The Kier molecular flexibility index (Phi) is 7.81. The Bertz CT molecular complexity index is 998. The molecule has 1 atom stereocenters. The number of carbonyl (C=O) groups is 1. The Morgan fingerprint density at radius 3 is 2.58 bits per heavy atom. The van der Waals surface area contributed by atoms with Crippen molar-refractivity contribution in [2.75, 3.05) is 48.4 Å². The number of piperazine rings is 1. The number of anilines is 2. The standard InChI is InChI=1S/C20H27F3N6O3S/c1-5-6-9-28-14-15(25-18(26(4)16(14)30)33-12-13(2)3)29(32-17(31)20(21,22)23)19(28)27-10-7-24-8-11-27/h13,19,24H,7-12H2,1-4H3. The topological polar surface area (TPSA) is 82.9 Å². The third-order valence-electron chi connectivity index (χ3n) is 5.05. The van der Waals surface area contributed by atoms with Gasteiger partial charge in [-0.2, -0.15) is 13.2 Å². The largest absolute Gasteiger partial charge is 0.493 e. The van der Waals surface area contributed by atoms with Gasteiger partial charge in [-0.1, -0.05) is 31.5 Å². The molecule has 1 fully saturated rings. The first kappa shape index (κ1) is 25.2. The molecule has 1 unspecified atom stereocenters. The number of rotatable bonds is 6. The van der Waals surface area contributed by atoms with Crippen LogP contribution >= 0.6 is 11.8 Å². The van der Waals surface area contributed by atoms with Crippen LogP contribution in [0.5, 0.6) is 0 Å². The third kappa shape index (κ3) is 5.39. The second kappa shape index (κ2) is 10.2. The molecule has 1 aromatic heterocycles. The molecule has 0 aliphatic carbocycles. The molecule has 0 bridgehead atoms. The van der Waals surface area contributed by atoms with Gasteiger partial charge in [0, 0.05) is 39.0 Å². The van der Waals surface area contributed by atoms with Gasteiger partial charge in [0.05, 0.1) is 6.54 Å². The van der Waals surface area contributed by atoms with Crippen LogP contribution in [0.25, 0.3) is 0 Å². The van der Waals surface area contributed by atoms with E-state index in [-0.39, 0.29) is 18.1 Å². The van der Waals surface area contributed by atoms with Crippen LogP contribution in [-0.2, 0) is 16.7 Å². The molecule has 0 amide bonds. The summed E-state index contributed by atoms with van der Waals surface area (Å²) >= 11 is 1.31. The first-order valence-electron chi connectivity index (χ1n) is 10.5. The number of nitrogens with zero attached hydrogens (tertiary/aromatic N) is 5. The summed E-state index contributed by atoms with van der Waals surface area (Å²) in [4.78, 5) is 37.9. The van der Waals surface area contributed by atoms with E-state index in [1.54, 1.807) is 18.9 Å². The summed E-state index contributed by atoms with van der Waals surface area (Å²) in [5, 5.41) is 4.31.